The number of aromatic nitrogens is 6. The molecular weight excluding hydrogens is 969 g/mol. The highest BCUT2D eigenvalue weighted by molar-refractivity contribution is 9.11. The number of nitrogens with two attached hydrogens (primary N) is 1. The van der Waals surface area contributed by atoms with Gasteiger partial charge in [0.15, 0.2) is 0 Å². The first-order valence-electron chi connectivity index (χ1n) is 18.5. The molecule has 0 spiro atoms. The Morgan fingerprint density at radius 1 is 0.724 bits per heavy atom. The quantitative estimate of drug-likeness (QED) is 0.0574. The van der Waals surface area contributed by atoms with E-state index in [1.807, 2.05) is 36.4 Å². The molecule has 2 aromatic carbocycles. The molecule has 0 saturated heterocycles. The lowest BCUT2D eigenvalue weighted by molar-refractivity contribution is 0.287. The fourth-order valence-corrected chi connectivity index (χ4v) is 9.83. The molecule has 2 aliphatic carbocycles. The Bertz CT molecular complexity index is 2520. The second-order valence-corrected chi connectivity index (χ2v) is 23.7. The van der Waals surface area contributed by atoms with Gasteiger partial charge in [-0.3, -0.25) is 9.97 Å². The number of aliphatic hydroxyl groups excluding tert-OH is 1. The van der Waals surface area contributed by atoms with Crippen molar-refractivity contribution in [2.45, 2.75) is 57.3 Å². The van der Waals surface area contributed by atoms with Crippen molar-refractivity contribution in [1.82, 2.24) is 29.9 Å². The summed E-state index contributed by atoms with van der Waals surface area (Å²) in [7, 11) is -4.97. The van der Waals surface area contributed by atoms with Crippen molar-refractivity contribution in [2.24, 2.45) is 0 Å². The van der Waals surface area contributed by atoms with E-state index in [9.17, 15) is 9.13 Å². The summed E-state index contributed by atoms with van der Waals surface area (Å²) >= 11 is 23.4. The van der Waals surface area contributed by atoms with Crippen LogP contribution in [0, 0.1) is 0 Å². The van der Waals surface area contributed by atoms with Crippen molar-refractivity contribution in [3.63, 3.8) is 0 Å². The highest BCUT2D eigenvalue weighted by Crippen LogP contribution is 2.44. The average Bonchev–Trinajstić information content (AvgIpc) is 4.09. The van der Waals surface area contributed by atoms with Gasteiger partial charge in [-0.2, -0.15) is 4.98 Å². The van der Waals surface area contributed by atoms with Crippen LogP contribution in [-0.4, -0.2) is 68.3 Å². The summed E-state index contributed by atoms with van der Waals surface area (Å²) < 4.78 is 26.8. The van der Waals surface area contributed by atoms with Gasteiger partial charge in [0.1, 0.15) is 25.3 Å². The molecule has 0 aliphatic heterocycles. The molecule has 2 saturated carbocycles. The number of nitrogen functional groups attached to an aromatic ring is 1. The van der Waals surface area contributed by atoms with E-state index in [4.69, 9.17) is 50.6 Å². The lowest BCUT2D eigenvalue weighted by Crippen LogP contribution is -2.13. The van der Waals surface area contributed by atoms with Crippen LogP contribution in [0.2, 0.25) is 15.7 Å². The largest absolute Gasteiger partial charge is 0.398 e. The van der Waals surface area contributed by atoms with Crippen LogP contribution in [0.1, 0.15) is 68.7 Å². The zero-order chi connectivity index (χ0) is 42.4. The van der Waals surface area contributed by atoms with Crippen LogP contribution in [0.25, 0.3) is 21.8 Å². The Hall–Kier alpha value is -2.73. The topological polar surface area (TPSA) is 170 Å². The first kappa shape index (κ1) is 46.3. The number of unbranched alkanes of at least 4 members (excludes halogenated alkanes) is 1. The van der Waals surface area contributed by atoms with Crippen molar-refractivity contribution in [3.05, 3.63) is 97.0 Å². The maximum Gasteiger partial charge on any atom is 0.224 e. The second-order valence-electron chi connectivity index (χ2n) is 14.6. The van der Waals surface area contributed by atoms with Crippen LogP contribution in [0.15, 0.2) is 69.9 Å². The van der Waals surface area contributed by atoms with Gasteiger partial charge < -0.3 is 25.3 Å². The predicted molar refractivity (Wildman–Crippen MR) is 250 cm³/mol. The normalized spacial score (nSPS) is 13.8. The summed E-state index contributed by atoms with van der Waals surface area (Å²) in [5, 5.41) is 15.3. The number of anilines is 3. The number of nitrogens with zero attached hydrogens (tertiary/aromatic N) is 6. The summed E-state index contributed by atoms with van der Waals surface area (Å²) in [6.45, 7) is 9.44. The van der Waals surface area contributed by atoms with Gasteiger partial charge >= 0.3 is 0 Å². The summed E-state index contributed by atoms with van der Waals surface area (Å²) in [6, 6.07) is 15.8. The van der Waals surface area contributed by atoms with Crippen molar-refractivity contribution in [2.75, 3.05) is 44.3 Å². The maximum absolute atomic E-state index is 13.1. The van der Waals surface area contributed by atoms with E-state index in [1.54, 1.807) is 32.9 Å². The fourth-order valence-electron chi connectivity index (χ4n) is 5.97. The minimum absolute atomic E-state index is 0.143. The van der Waals surface area contributed by atoms with Crippen LogP contribution in [-0.2, 0) is 9.13 Å². The minimum atomic E-state index is -2.58. The highest BCUT2D eigenvalue weighted by Gasteiger charge is 2.28. The molecule has 18 heteroatoms. The molecule has 58 heavy (non-hydrogen) atoms. The molecule has 4 aromatic heterocycles. The van der Waals surface area contributed by atoms with Gasteiger partial charge in [-0.05, 0) is 150 Å². The number of rotatable bonds is 8. The first-order chi connectivity index (χ1) is 27.4. The zero-order valence-corrected chi connectivity index (χ0v) is 39.9. The number of fused-ring (bicyclic) bond motifs is 2. The molecule has 0 amide bonds. The minimum Gasteiger partial charge on any atom is -0.398 e. The van der Waals surface area contributed by atoms with Crippen LogP contribution >= 0.6 is 80.9 Å². The molecule has 2 aliphatic rings. The van der Waals surface area contributed by atoms with Gasteiger partial charge in [0.05, 0.1) is 25.7 Å². The molecular formula is C40H45Br2Cl3N8O3P2. The Labute approximate surface area is 370 Å². The van der Waals surface area contributed by atoms with Crippen LogP contribution in [0.3, 0.4) is 0 Å². The zero-order valence-electron chi connectivity index (χ0n) is 32.7. The number of aliphatic hydroxyl groups is 1. The third-order valence-electron chi connectivity index (χ3n) is 8.98. The number of hydrogen-bond donors (Lipinski definition) is 3. The van der Waals surface area contributed by atoms with Gasteiger partial charge in [0.25, 0.3) is 0 Å². The molecule has 308 valence electrons. The van der Waals surface area contributed by atoms with E-state index in [1.165, 1.54) is 31.9 Å². The molecule has 4 N–H and O–H groups in total. The van der Waals surface area contributed by atoms with Crippen LogP contribution in [0.4, 0.5) is 17.2 Å². The Morgan fingerprint density at radius 3 is 1.67 bits per heavy atom. The molecule has 8 rings (SSSR count). The van der Waals surface area contributed by atoms with Crippen molar-refractivity contribution < 1.29 is 14.2 Å². The van der Waals surface area contributed by atoms with E-state index in [-0.39, 0.29) is 10.6 Å². The average molecular weight is 1010 g/mol. The molecule has 0 atom stereocenters. The smallest absolute Gasteiger partial charge is 0.224 e. The number of benzene rings is 2. The van der Waals surface area contributed by atoms with Gasteiger partial charge in [-0.1, -0.05) is 37.1 Å². The maximum atomic E-state index is 13.1. The fraction of sp³-hybridized carbons (Fsp3) is 0.350. The SMILES string of the molecule is CCCCO.CP(C)(=O)c1c(N)ccc2nc(C3CC3)ccc12.CP(C)(=O)c1c(Nc2nc(Cl)ncc2Br)ccc2nc(C3CC3)ccc12.Clc1ncc(Br)c(Cl)n1. The first-order valence-corrected chi connectivity index (χ1v) is 26.5. The van der Waals surface area contributed by atoms with Gasteiger partial charge in [-0.15, -0.1) is 0 Å². The Morgan fingerprint density at radius 2 is 1.22 bits per heavy atom. The predicted octanol–water partition coefficient (Wildman–Crippen LogP) is 11.6. The molecule has 2 fully saturated rings. The standard InChI is InChI=1S/C18H17BrClN4OP.C14H17N2OP.C4HBrCl2N2.C4H10O/c1-26(2,25)16-11-5-6-13(10-3-4-10)22-14(11)7-8-15(16)23-17-12(19)9-21-18(20)24-17;1-18(2,17)14-10-5-7-12(9-3-4-9)16-13(10)8-6-11(14)15;5-2-1-8-4(7)9-3(2)6;1-2-3-4-5/h5-10H,3-4H2,1-2H3,(H,21,23,24);5-9H,3-4,15H2,1-2H3;1H;5H,2-4H2,1H3. The summed E-state index contributed by atoms with van der Waals surface area (Å²) in [6.07, 6.45) is 10.00. The van der Waals surface area contributed by atoms with E-state index in [0.717, 1.165) is 62.3 Å². The van der Waals surface area contributed by atoms with Crippen molar-refractivity contribution >= 4 is 131 Å². The van der Waals surface area contributed by atoms with Gasteiger partial charge in [0.2, 0.25) is 10.6 Å². The lowest BCUT2D eigenvalue weighted by Gasteiger charge is -2.18. The molecule has 0 unspecified atom stereocenters. The third-order valence-corrected chi connectivity index (χ3v) is 14.2. The molecule has 4 heterocycles. The Kier molecular flexibility index (Phi) is 16.2. The van der Waals surface area contributed by atoms with E-state index < -0.39 is 14.3 Å². The second kappa shape index (κ2) is 20.2. The molecule has 0 radical (unpaired) electrons. The van der Waals surface area contributed by atoms with E-state index >= 15 is 0 Å². The highest BCUT2D eigenvalue weighted by atomic mass is 79.9. The summed E-state index contributed by atoms with van der Waals surface area (Å²) in [5.41, 5.74) is 11.4. The van der Waals surface area contributed by atoms with Gasteiger partial charge in [-0.25, -0.2) is 15.0 Å². The molecule has 6 aromatic rings. The summed E-state index contributed by atoms with van der Waals surface area (Å²) in [5.74, 6) is 1.74. The third kappa shape index (κ3) is 12.6. The van der Waals surface area contributed by atoms with E-state index in [0.29, 0.717) is 44.0 Å². The van der Waals surface area contributed by atoms with Crippen molar-refractivity contribution in [3.8, 4) is 0 Å². The van der Waals surface area contributed by atoms with E-state index in [2.05, 4.69) is 81.2 Å². The van der Waals surface area contributed by atoms with Crippen LogP contribution < -0.4 is 21.7 Å². The number of halogens is 5. The number of nitrogens with one attached hydrogen (secondary N) is 1. The summed E-state index contributed by atoms with van der Waals surface area (Å²) in [4.78, 5) is 24.9. The Balaban J connectivity index is 0.000000172. The number of hydrogen-bond acceptors (Lipinski definition) is 11. The lowest BCUT2D eigenvalue weighted by atomic mass is 10.1. The number of pyridine rings is 2. The van der Waals surface area contributed by atoms with Gasteiger partial charge in [0, 0.05) is 69.3 Å². The monoisotopic (exact) mass is 1010 g/mol. The van der Waals surface area contributed by atoms with Crippen LogP contribution in [0.5, 0.6) is 0 Å². The van der Waals surface area contributed by atoms with Crippen molar-refractivity contribution in [1.29, 1.82) is 0 Å². The molecule has 11 nitrogen and oxygen atoms in total. The molecule has 0 bridgehead atoms.